The molecule has 0 saturated carbocycles. The lowest BCUT2D eigenvalue weighted by molar-refractivity contribution is -0.141. The van der Waals surface area contributed by atoms with Crippen molar-refractivity contribution in [3.8, 4) is 5.75 Å². The third-order valence-corrected chi connectivity index (χ3v) is 5.18. The maximum atomic E-state index is 12.8. The van der Waals surface area contributed by atoms with Crippen molar-refractivity contribution in [3.63, 3.8) is 0 Å². The third-order valence-electron chi connectivity index (χ3n) is 5.18. The lowest BCUT2D eigenvalue weighted by Crippen LogP contribution is -2.51. The van der Waals surface area contributed by atoms with Crippen LogP contribution in [0.4, 0.5) is 5.69 Å². The Morgan fingerprint density at radius 2 is 1.88 bits per heavy atom. The molecule has 8 nitrogen and oxygen atoms in total. The number of hydrogen-bond acceptors (Lipinski definition) is 5. The van der Waals surface area contributed by atoms with Crippen LogP contribution in [0.25, 0.3) is 0 Å². The minimum absolute atomic E-state index is 0.0698. The van der Waals surface area contributed by atoms with Gasteiger partial charge in [-0.1, -0.05) is 37.3 Å². The molecule has 0 radical (unpaired) electrons. The molecule has 2 aromatic rings. The number of amides is 2. The standard InChI is InChI=1S/C24H26N2O6/c1-3-7-20(27)17-10-11-21-19(13-17)26(23(29)15(2)32-21)14-22(28)25-18(24(30)31)12-16-8-5-4-6-9-16/h4-6,8-11,13,15,18H,3,7,12,14H2,1-2H3,(H,25,28)(H,30,31). The zero-order chi connectivity index (χ0) is 23.3. The summed E-state index contributed by atoms with van der Waals surface area (Å²) in [4.78, 5) is 50.7. The van der Waals surface area contributed by atoms with Gasteiger partial charge in [-0.3, -0.25) is 19.3 Å². The number of carbonyl (C=O) groups excluding carboxylic acids is 3. The van der Waals surface area contributed by atoms with Gasteiger partial charge < -0.3 is 15.2 Å². The highest BCUT2D eigenvalue weighted by Crippen LogP contribution is 2.35. The highest BCUT2D eigenvalue weighted by atomic mass is 16.5. The van der Waals surface area contributed by atoms with Crippen LogP contribution in [0.1, 0.15) is 42.6 Å². The Morgan fingerprint density at radius 3 is 2.53 bits per heavy atom. The summed E-state index contributed by atoms with van der Waals surface area (Å²) in [6.07, 6.45) is 0.352. The molecule has 2 amide bonds. The second-order valence-corrected chi connectivity index (χ2v) is 7.69. The molecule has 0 aliphatic carbocycles. The van der Waals surface area contributed by atoms with E-state index in [0.29, 0.717) is 29.8 Å². The van der Waals surface area contributed by atoms with Crippen molar-refractivity contribution < 1.29 is 29.0 Å². The second-order valence-electron chi connectivity index (χ2n) is 7.69. The lowest BCUT2D eigenvalue weighted by Gasteiger charge is -2.33. The number of fused-ring (bicyclic) bond motifs is 1. The molecule has 0 fully saturated rings. The number of carboxylic acid groups (broad SMARTS) is 1. The Hall–Kier alpha value is -3.68. The highest BCUT2D eigenvalue weighted by Gasteiger charge is 2.34. The molecule has 2 atom stereocenters. The molecule has 0 aromatic heterocycles. The van der Waals surface area contributed by atoms with Crippen LogP contribution in [-0.4, -0.2) is 47.4 Å². The minimum atomic E-state index is -1.17. The number of nitrogens with one attached hydrogen (secondary N) is 1. The van der Waals surface area contributed by atoms with Crippen LogP contribution in [0, 0.1) is 0 Å². The summed E-state index contributed by atoms with van der Waals surface area (Å²) in [5, 5.41) is 12.0. The summed E-state index contributed by atoms with van der Waals surface area (Å²) >= 11 is 0. The number of rotatable bonds is 9. The van der Waals surface area contributed by atoms with E-state index in [1.807, 2.05) is 13.0 Å². The summed E-state index contributed by atoms with van der Waals surface area (Å²) in [5.41, 5.74) is 1.51. The fourth-order valence-electron chi connectivity index (χ4n) is 3.55. The van der Waals surface area contributed by atoms with Crippen molar-refractivity contribution in [2.24, 2.45) is 0 Å². The van der Waals surface area contributed by atoms with Gasteiger partial charge in [-0.15, -0.1) is 0 Å². The van der Waals surface area contributed by atoms with Crippen molar-refractivity contribution >= 4 is 29.3 Å². The van der Waals surface area contributed by atoms with E-state index in [-0.39, 0.29) is 18.7 Å². The van der Waals surface area contributed by atoms with E-state index in [9.17, 15) is 24.3 Å². The van der Waals surface area contributed by atoms with Crippen molar-refractivity contribution in [1.29, 1.82) is 0 Å². The highest BCUT2D eigenvalue weighted by molar-refractivity contribution is 6.06. The number of ketones is 1. The van der Waals surface area contributed by atoms with Gasteiger partial charge >= 0.3 is 5.97 Å². The first-order chi connectivity index (χ1) is 15.3. The molecule has 168 valence electrons. The zero-order valence-electron chi connectivity index (χ0n) is 18.0. The van der Waals surface area contributed by atoms with E-state index in [1.54, 1.807) is 49.4 Å². The predicted octanol–water partition coefficient (Wildman–Crippen LogP) is 2.60. The molecule has 2 aromatic carbocycles. The van der Waals surface area contributed by atoms with Crippen molar-refractivity contribution in [2.75, 3.05) is 11.4 Å². The number of nitrogens with zero attached hydrogens (tertiary/aromatic N) is 1. The number of carboxylic acids is 1. The molecular weight excluding hydrogens is 412 g/mol. The number of carbonyl (C=O) groups is 4. The molecule has 0 bridgehead atoms. The maximum Gasteiger partial charge on any atom is 0.326 e. The van der Waals surface area contributed by atoms with E-state index < -0.39 is 29.9 Å². The van der Waals surface area contributed by atoms with Gasteiger partial charge in [-0.2, -0.15) is 0 Å². The Labute approximate surface area is 186 Å². The molecule has 1 aliphatic heterocycles. The number of aliphatic carboxylic acids is 1. The average Bonchev–Trinajstić information content (AvgIpc) is 2.77. The fraction of sp³-hybridized carbons (Fsp3) is 0.333. The zero-order valence-corrected chi connectivity index (χ0v) is 18.0. The Kier molecular flexibility index (Phi) is 7.25. The minimum Gasteiger partial charge on any atom is -0.480 e. The Bertz CT molecular complexity index is 1020. The molecular formula is C24H26N2O6. The van der Waals surface area contributed by atoms with E-state index in [1.165, 1.54) is 4.90 Å². The summed E-state index contributed by atoms with van der Waals surface area (Å²) in [5.74, 6) is -1.91. The van der Waals surface area contributed by atoms with Crippen LogP contribution in [0.2, 0.25) is 0 Å². The first kappa shape index (κ1) is 23.0. The fourth-order valence-corrected chi connectivity index (χ4v) is 3.55. The van der Waals surface area contributed by atoms with Gasteiger partial charge in [0.05, 0.1) is 5.69 Å². The van der Waals surface area contributed by atoms with Gasteiger partial charge in [0.1, 0.15) is 18.3 Å². The number of anilines is 1. The van der Waals surface area contributed by atoms with Crippen molar-refractivity contribution in [1.82, 2.24) is 5.32 Å². The van der Waals surface area contributed by atoms with E-state index >= 15 is 0 Å². The predicted molar refractivity (Wildman–Crippen MR) is 118 cm³/mol. The molecule has 2 unspecified atom stereocenters. The van der Waals surface area contributed by atoms with Gasteiger partial charge in [0.2, 0.25) is 5.91 Å². The average molecular weight is 438 g/mol. The number of ether oxygens (including phenoxy) is 1. The SMILES string of the molecule is CCCC(=O)c1ccc2c(c1)N(CC(=O)NC(Cc1ccccc1)C(=O)O)C(=O)C(C)O2. The third kappa shape index (κ3) is 5.32. The number of hydrogen-bond donors (Lipinski definition) is 2. The van der Waals surface area contributed by atoms with E-state index in [2.05, 4.69) is 5.32 Å². The Balaban J connectivity index is 1.80. The molecule has 0 spiro atoms. The quantitative estimate of drug-likeness (QED) is 0.582. The first-order valence-electron chi connectivity index (χ1n) is 10.5. The van der Waals surface area contributed by atoms with E-state index in [4.69, 9.17) is 4.74 Å². The number of Topliss-reactive ketones (excluding diaryl/α,β-unsaturated/α-hetero) is 1. The largest absolute Gasteiger partial charge is 0.480 e. The van der Waals surface area contributed by atoms with Gasteiger partial charge in [-0.05, 0) is 37.1 Å². The summed E-state index contributed by atoms with van der Waals surface area (Å²) in [6.45, 7) is 3.08. The van der Waals surface area contributed by atoms with Gasteiger partial charge in [-0.25, -0.2) is 4.79 Å². The first-order valence-corrected chi connectivity index (χ1v) is 10.5. The Morgan fingerprint density at radius 1 is 1.16 bits per heavy atom. The molecule has 1 aliphatic rings. The van der Waals surface area contributed by atoms with Crippen LogP contribution in [-0.2, 0) is 20.8 Å². The van der Waals surface area contributed by atoms with Gasteiger partial charge in [0.15, 0.2) is 11.9 Å². The van der Waals surface area contributed by atoms with Crippen LogP contribution in [0.5, 0.6) is 5.75 Å². The molecule has 0 saturated heterocycles. The second kappa shape index (κ2) is 10.1. The van der Waals surface area contributed by atoms with Crippen LogP contribution < -0.4 is 15.0 Å². The monoisotopic (exact) mass is 438 g/mol. The molecule has 3 rings (SSSR count). The lowest BCUT2D eigenvalue weighted by atomic mass is 10.0. The van der Waals surface area contributed by atoms with Crippen LogP contribution >= 0.6 is 0 Å². The molecule has 1 heterocycles. The number of benzene rings is 2. The maximum absolute atomic E-state index is 12.8. The van der Waals surface area contributed by atoms with Crippen LogP contribution in [0.3, 0.4) is 0 Å². The smallest absolute Gasteiger partial charge is 0.326 e. The van der Waals surface area contributed by atoms with Crippen molar-refractivity contribution in [3.05, 3.63) is 59.7 Å². The van der Waals surface area contributed by atoms with Gasteiger partial charge in [0.25, 0.3) is 5.91 Å². The summed E-state index contributed by atoms with van der Waals surface area (Å²) in [7, 11) is 0. The molecule has 32 heavy (non-hydrogen) atoms. The molecule has 8 heteroatoms. The summed E-state index contributed by atoms with van der Waals surface area (Å²) in [6, 6.07) is 12.6. The van der Waals surface area contributed by atoms with Crippen LogP contribution in [0.15, 0.2) is 48.5 Å². The normalized spacial score (nSPS) is 16.0. The van der Waals surface area contributed by atoms with Gasteiger partial charge in [0, 0.05) is 18.4 Å². The topological polar surface area (TPSA) is 113 Å². The van der Waals surface area contributed by atoms with Crippen molar-refractivity contribution in [2.45, 2.75) is 45.3 Å². The summed E-state index contributed by atoms with van der Waals surface area (Å²) < 4.78 is 5.62. The van der Waals surface area contributed by atoms with E-state index in [0.717, 1.165) is 5.56 Å². The molecule has 2 N–H and O–H groups in total.